The highest BCUT2D eigenvalue weighted by molar-refractivity contribution is 9.10. The molecule has 0 aliphatic rings. The van der Waals surface area contributed by atoms with Crippen molar-refractivity contribution in [2.75, 3.05) is 5.32 Å². The smallest absolute Gasteiger partial charge is 0.337 e. The summed E-state index contributed by atoms with van der Waals surface area (Å²) >= 11 is 12.4. The van der Waals surface area contributed by atoms with Crippen molar-refractivity contribution in [1.82, 2.24) is 0 Å². The molecule has 0 aliphatic heterocycles. The molecule has 0 aromatic heterocycles. The fraction of sp³-hybridized carbons (Fsp3) is 0. The maximum absolute atomic E-state index is 12.2. The lowest BCUT2D eigenvalue weighted by molar-refractivity contribution is 0.0698. The minimum atomic E-state index is -1.12. The van der Waals surface area contributed by atoms with Crippen LogP contribution in [-0.4, -0.2) is 17.0 Å². The van der Waals surface area contributed by atoms with E-state index < -0.39 is 11.9 Å². The van der Waals surface area contributed by atoms with Gasteiger partial charge >= 0.3 is 5.97 Å². The van der Waals surface area contributed by atoms with E-state index in [1.807, 2.05) is 0 Å². The summed E-state index contributed by atoms with van der Waals surface area (Å²) in [6.07, 6.45) is 0. The van der Waals surface area contributed by atoms with Gasteiger partial charge in [-0.3, -0.25) is 4.79 Å². The van der Waals surface area contributed by atoms with E-state index in [4.69, 9.17) is 16.7 Å². The van der Waals surface area contributed by atoms with Gasteiger partial charge in [0.05, 0.1) is 16.3 Å². The van der Waals surface area contributed by atoms with E-state index in [2.05, 4.69) is 37.2 Å². The zero-order chi connectivity index (χ0) is 15.6. The quantitative estimate of drug-likeness (QED) is 0.730. The second-order valence-corrected chi connectivity index (χ2v) is 6.26. The summed E-state index contributed by atoms with van der Waals surface area (Å²) in [6, 6.07) is 9.27. The van der Waals surface area contributed by atoms with Gasteiger partial charge in [-0.05, 0) is 52.3 Å². The number of halogens is 3. The predicted octanol–water partition coefficient (Wildman–Crippen LogP) is 4.82. The molecule has 2 N–H and O–H groups in total. The summed E-state index contributed by atoms with van der Waals surface area (Å²) in [5.41, 5.74) is 0.551. The van der Waals surface area contributed by atoms with E-state index in [-0.39, 0.29) is 11.3 Å². The maximum Gasteiger partial charge on any atom is 0.337 e. The fourth-order valence-corrected chi connectivity index (χ4v) is 2.43. The second-order valence-electron chi connectivity index (χ2n) is 4.08. The van der Waals surface area contributed by atoms with Crippen LogP contribution in [0.1, 0.15) is 20.7 Å². The first kappa shape index (κ1) is 16.0. The first-order valence-electron chi connectivity index (χ1n) is 5.67. The van der Waals surface area contributed by atoms with Crippen molar-refractivity contribution in [2.24, 2.45) is 0 Å². The van der Waals surface area contributed by atoms with Crippen LogP contribution < -0.4 is 5.32 Å². The molecule has 0 heterocycles. The van der Waals surface area contributed by atoms with Gasteiger partial charge in [0, 0.05) is 14.5 Å². The molecule has 0 bridgehead atoms. The Bertz CT molecular complexity index is 734. The van der Waals surface area contributed by atoms with Crippen LogP contribution in [0.4, 0.5) is 5.69 Å². The number of benzene rings is 2. The number of carbonyl (C=O) groups excluding carboxylic acids is 1. The van der Waals surface area contributed by atoms with Crippen LogP contribution in [0.25, 0.3) is 0 Å². The van der Waals surface area contributed by atoms with Gasteiger partial charge in [-0.25, -0.2) is 4.79 Å². The molecule has 0 radical (unpaired) electrons. The van der Waals surface area contributed by atoms with Crippen LogP contribution in [0.15, 0.2) is 45.3 Å². The summed E-state index contributed by atoms with van der Waals surface area (Å²) in [6.45, 7) is 0. The van der Waals surface area contributed by atoms with Crippen LogP contribution >= 0.6 is 43.5 Å². The van der Waals surface area contributed by atoms with Crippen molar-refractivity contribution in [3.8, 4) is 0 Å². The van der Waals surface area contributed by atoms with Crippen LogP contribution in [0, 0.1) is 0 Å². The first-order chi connectivity index (χ1) is 9.88. The van der Waals surface area contributed by atoms with Crippen molar-refractivity contribution in [3.05, 3.63) is 61.5 Å². The van der Waals surface area contributed by atoms with E-state index in [0.717, 1.165) is 0 Å². The number of rotatable bonds is 3. The van der Waals surface area contributed by atoms with Gasteiger partial charge in [-0.1, -0.05) is 27.5 Å². The summed E-state index contributed by atoms with van der Waals surface area (Å²) < 4.78 is 1.34. The highest BCUT2D eigenvalue weighted by atomic mass is 79.9. The summed E-state index contributed by atoms with van der Waals surface area (Å²) in [4.78, 5) is 23.3. The lowest BCUT2D eigenvalue weighted by Gasteiger charge is -2.09. The van der Waals surface area contributed by atoms with E-state index in [9.17, 15) is 9.59 Å². The molecule has 0 saturated carbocycles. The van der Waals surface area contributed by atoms with Crippen LogP contribution in [0.2, 0.25) is 5.02 Å². The van der Waals surface area contributed by atoms with Crippen molar-refractivity contribution in [1.29, 1.82) is 0 Å². The zero-order valence-electron chi connectivity index (χ0n) is 10.4. The fourth-order valence-electron chi connectivity index (χ4n) is 1.64. The highest BCUT2D eigenvalue weighted by Gasteiger charge is 2.14. The molecule has 2 rings (SSSR count). The SMILES string of the molecule is O=C(Nc1cc(Br)ccc1C(=O)O)c1ccc(Br)c(Cl)c1. The summed E-state index contributed by atoms with van der Waals surface area (Å²) in [7, 11) is 0. The number of amides is 1. The summed E-state index contributed by atoms with van der Waals surface area (Å²) in [5.74, 6) is -1.56. The third kappa shape index (κ3) is 3.84. The minimum Gasteiger partial charge on any atom is -0.478 e. The Morgan fingerprint density at radius 3 is 2.43 bits per heavy atom. The number of hydrogen-bond acceptors (Lipinski definition) is 2. The molecular formula is C14H8Br2ClNO3. The predicted molar refractivity (Wildman–Crippen MR) is 88.2 cm³/mol. The number of aromatic carboxylic acids is 1. The molecule has 2 aromatic carbocycles. The average molecular weight is 433 g/mol. The molecule has 108 valence electrons. The molecule has 0 atom stereocenters. The number of carboxylic acids is 1. The molecule has 0 fully saturated rings. The van der Waals surface area contributed by atoms with Gasteiger partial charge in [-0.2, -0.15) is 0 Å². The molecule has 0 aliphatic carbocycles. The largest absolute Gasteiger partial charge is 0.478 e. The Kier molecular flexibility index (Phi) is 5.03. The van der Waals surface area contributed by atoms with E-state index in [1.165, 1.54) is 18.2 Å². The molecule has 0 spiro atoms. The van der Waals surface area contributed by atoms with E-state index in [0.29, 0.717) is 19.5 Å². The zero-order valence-corrected chi connectivity index (χ0v) is 14.3. The maximum atomic E-state index is 12.2. The molecule has 2 aromatic rings. The normalized spacial score (nSPS) is 10.2. The molecule has 1 amide bonds. The number of hydrogen-bond donors (Lipinski definition) is 2. The summed E-state index contributed by atoms with van der Waals surface area (Å²) in [5, 5.41) is 12.1. The Balaban J connectivity index is 2.33. The highest BCUT2D eigenvalue weighted by Crippen LogP contribution is 2.25. The number of nitrogens with one attached hydrogen (secondary N) is 1. The molecular weight excluding hydrogens is 425 g/mol. The number of carboxylic acid groups (broad SMARTS) is 1. The second kappa shape index (κ2) is 6.60. The minimum absolute atomic E-state index is 0.00904. The lowest BCUT2D eigenvalue weighted by Crippen LogP contribution is -2.14. The third-order valence-corrected chi connectivity index (χ3v) is 4.37. The first-order valence-corrected chi connectivity index (χ1v) is 7.64. The van der Waals surface area contributed by atoms with Gasteiger partial charge in [0.25, 0.3) is 5.91 Å². The van der Waals surface area contributed by atoms with E-state index >= 15 is 0 Å². The number of anilines is 1. The molecule has 0 unspecified atom stereocenters. The average Bonchev–Trinajstić information content (AvgIpc) is 2.41. The van der Waals surface area contributed by atoms with E-state index in [1.54, 1.807) is 18.2 Å². The van der Waals surface area contributed by atoms with Crippen LogP contribution in [0.3, 0.4) is 0 Å². The van der Waals surface area contributed by atoms with Gasteiger partial charge in [0.1, 0.15) is 0 Å². The topological polar surface area (TPSA) is 66.4 Å². The Labute approximate surface area is 142 Å². The van der Waals surface area contributed by atoms with Gasteiger partial charge < -0.3 is 10.4 Å². The van der Waals surface area contributed by atoms with Crippen molar-refractivity contribution >= 4 is 61.0 Å². The van der Waals surface area contributed by atoms with Gasteiger partial charge in [0.2, 0.25) is 0 Å². The Hall–Kier alpha value is -1.37. The number of carbonyl (C=O) groups is 2. The Morgan fingerprint density at radius 1 is 1.10 bits per heavy atom. The van der Waals surface area contributed by atoms with Crippen molar-refractivity contribution in [2.45, 2.75) is 0 Å². The van der Waals surface area contributed by atoms with Crippen LogP contribution in [0.5, 0.6) is 0 Å². The standard InChI is InChI=1S/C14H8Br2ClNO3/c15-8-2-3-9(14(20)21)12(6-8)18-13(19)7-1-4-10(16)11(17)5-7/h1-6H,(H,18,19)(H,20,21). The van der Waals surface area contributed by atoms with Crippen molar-refractivity contribution in [3.63, 3.8) is 0 Å². The van der Waals surface area contributed by atoms with Crippen molar-refractivity contribution < 1.29 is 14.7 Å². The third-order valence-electron chi connectivity index (χ3n) is 2.64. The van der Waals surface area contributed by atoms with Crippen LogP contribution in [-0.2, 0) is 0 Å². The van der Waals surface area contributed by atoms with Gasteiger partial charge in [-0.15, -0.1) is 0 Å². The lowest BCUT2D eigenvalue weighted by atomic mass is 10.1. The molecule has 0 saturated heterocycles. The monoisotopic (exact) mass is 431 g/mol. The molecule has 4 nitrogen and oxygen atoms in total. The molecule has 7 heteroatoms. The van der Waals surface area contributed by atoms with Gasteiger partial charge in [0.15, 0.2) is 0 Å². The molecule has 21 heavy (non-hydrogen) atoms. The Morgan fingerprint density at radius 2 is 1.81 bits per heavy atom.